The molecule has 6 heteroatoms. The van der Waals surface area contributed by atoms with E-state index in [0.29, 0.717) is 19.0 Å². The highest BCUT2D eigenvalue weighted by molar-refractivity contribution is 7.91. The van der Waals surface area contributed by atoms with Crippen molar-refractivity contribution in [1.29, 1.82) is 0 Å². The van der Waals surface area contributed by atoms with Crippen LogP contribution in [0.15, 0.2) is 0 Å². The van der Waals surface area contributed by atoms with Gasteiger partial charge in [0.05, 0.1) is 18.1 Å². The third kappa shape index (κ3) is 3.95. The van der Waals surface area contributed by atoms with Crippen LogP contribution in [0.25, 0.3) is 0 Å². The van der Waals surface area contributed by atoms with E-state index in [-0.39, 0.29) is 23.5 Å². The summed E-state index contributed by atoms with van der Waals surface area (Å²) in [5.74, 6) is 0.571. The average Bonchev–Trinajstić information content (AvgIpc) is 2.79. The van der Waals surface area contributed by atoms with Gasteiger partial charge in [-0.2, -0.15) is 0 Å². The fraction of sp³-hybridized carbons (Fsp3) is 0.929. The van der Waals surface area contributed by atoms with Gasteiger partial charge in [-0.1, -0.05) is 19.3 Å². The first-order valence-corrected chi connectivity index (χ1v) is 9.37. The number of amides is 1. The third-order valence-electron chi connectivity index (χ3n) is 4.73. The van der Waals surface area contributed by atoms with Crippen molar-refractivity contribution < 1.29 is 13.2 Å². The minimum Gasteiger partial charge on any atom is -0.342 e. The fourth-order valence-electron chi connectivity index (χ4n) is 3.25. The van der Waals surface area contributed by atoms with Gasteiger partial charge in [0.1, 0.15) is 0 Å². The van der Waals surface area contributed by atoms with Crippen LogP contribution in [0.3, 0.4) is 0 Å². The zero-order valence-corrected chi connectivity index (χ0v) is 13.4. The number of hydrogen-bond acceptors (Lipinski definition) is 4. The Hall–Kier alpha value is -0.620. The highest BCUT2D eigenvalue weighted by atomic mass is 32.2. The second kappa shape index (κ2) is 6.43. The average molecular weight is 302 g/mol. The first-order valence-electron chi connectivity index (χ1n) is 7.55. The quantitative estimate of drug-likeness (QED) is 0.774. The molecule has 1 amide bonds. The van der Waals surface area contributed by atoms with Gasteiger partial charge in [-0.3, -0.25) is 9.69 Å². The van der Waals surface area contributed by atoms with Gasteiger partial charge in [0.2, 0.25) is 5.91 Å². The molecule has 1 aliphatic heterocycles. The number of rotatable bonds is 4. The van der Waals surface area contributed by atoms with E-state index in [1.165, 1.54) is 19.3 Å². The molecule has 1 saturated heterocycles. The summed E-state index contributed by atoms with van der Waals surface area (Å²) in [6.45, 7) is 0.327. The molecule has 0 bridgehead atoms. The third-order valence-corrected chi connectivity index (χ3v) is 6.48. The Morgan fingerprint density at radius 2 is 1.70 bits per heavy atom. The molecule has 0 aromatic heterocycles. The van der Waals surface area contributed by atoms with Crippen LogP contribution in [0, 0.1) is 0 Å². The predicted octanol–water partition coefficient (Wildman–Crippen LogP) is 0.896. The summed E-state index contributed by atoms with van der Waals surface area (Å²) in [4.78, 5) is 16.1. The molecule has 0 N–H and O–H groups in total. The monoisotopic (exact) mass is 302 g/mol. The largest absolute Gasteiger partial charge is 0.342 e. The SMILES string of the molecule is CN(CC(=O)N(C)C1CCCCC1)C1CCS(=O)(=O)C1. The fourth-order valence-corrected chi connectivity index (χ4v) is 5.05. The molecule has 0 radical (unpaired) electrons. The molecule has 2 aliphatic rings. The van der Waals surface area contributed by atoms with Crippen LogP contribution in [0.5, 0.6) is 0 Å². The molecule has 116 valence electrons. The topological polar surface area (TPSA) is 57.7 Å². The molecular formula is C14H26N2O3S. The Morgan fingerprint density at radius 1 is 1.05 bits per heavy atom. The van der Waals surface area contributed by atoms with Gasteiger partial charge in [-0.05, 0) is 26.3 Å². The van der Waals surface area contributed by atoms with E-state index in [4.69, 9.17) is 0 Å². The van der Waals surface area contributed by atoms with Crippen molar-refractivity contribution in [3.63, 3.8) is 0 Å². The molecule has 0 spiro atoms. The molecule has 1 aliphatic carbocycles. The van der Waals surface area contributed by atoms with Gasteiger partial charge in [0, 0.05) is 19.1 Å². The van der Waals surface area contributed by atoms with Crippen molar-refractivity contribution in [2.75, 3.05) is 32.1 Å². The summed E-state index contributed by atoms with van der Waals surface area (Å²) in [7, 11) is 0.862. The summed E-state index contributed by atoms with van der Waals surface area (Å²) in [5, 5.41) is 0. The number of sulfone groups is 1. The van der Waals surface area contributed by atoms with Crippen LogP contribution in [-0.4, -0.2) is 68.4 Å². The number of likely N-dealkylation sites (N-methyl/N-ethyl adjacent to an activating group) is 2. The van der Waals surface area contributed by atoms with E-state index < -0.39 is 9.84 Å². The summed E-state index contributed by atoms with van der Waals surface area (Å²) >= 11 is 0. The number of carbonyl (C=O) groups is 1. The van der Waals surface area contributed by atoms with Crippen LogP contribution >= 0.6 is 0 Å². The smallest absolute Gasteiger partial charge is 0.236 e. The Kier molecular flexibility index (Phi) is 5.07. The molecule has 1 atom stereocenters. The van der Waals surface area contributed by atoms with E-state index in [9.17, 15) is 13.2 Å². The standard InChI is InChI=1S/C14H26N2O3S/c1-15(13-8-9-20(18,19)11-13)10-14(17)16(2)12-6-4-3-5-7-12/h12-13H,3-11H2,1-2H3. The van der Waals surface area contributed by atoms with E-state index in [2.05, 4.69) is 0 Å². The van der Waals surface area contributed by atoms with Gasteiger partial charge >= 0.3 is 0 Å². The van der Waals surface area contributed by atoms with Gasteiger partial charge in [0.15, 0.2) is 9.84 Å². The lowest BCUT2D eigenvalue weighted by Gasteiger charge is -2.33. The van der Waals surface area contributed by atoms with E-state index in [1.54, 1.807) is 0 Å². The minimum absolute atomic E-state index is 0.00343. The maximum absolute atomic E-state index is 12.3. The Bertz CT molecular complexity index is 443. The van der Waals surface area contributed by atoms with Crippen LogP contribution < -0.4 is 0 Å². The molecule has 1 unspecified atom stereocenters. The van der Waals surface area contributed by atoms with Crippen LogP contribution in [0.4, 0.5) is 0 Å². The lowest BCUT2D eigenvalue weighted by Crippen LogP contribution is -2.45. The number of carbonyl (C=O) groups excluding carboxylic acids is 1. The molecule has 5 nitrogen and oxygen atoms in total. The van der Waals surface area contributed by atoms with Crippen LogP contribution in [-0.2, 0) is 14.6 Å². The highest BCUT2D eigenvalue weighted by Crippen LogP contribution is 2.22. The van der Waals surface area contributed by atoms with Crippen molar-refractivity contribution in [1.82, 2.24) is 9.80 Å². The lowest BCUT2D eigenvalue weighted by molar-refractivity contribution is -0.133. The van der Waals surface area contributed by atoms with Gasteiger partial charge in [0.25, 0.3) is 0 Å². The Labute approximate surface area is 122 Å². The zero-order chi connectivity index (χ0) is 14.8. The van der Waals surface area contributed by atoms with Crippen molar-refractivity contribution in [2.24, 2.45) is 0 Å². The maximum atomic E-state index is 12.3. The summed E-state index contributed by atoms with van der Waals surface area (Å²) < 4.78 is 23.0. The van der Waals surface area contributed by atoms with Gasteiger partial charge in [-0.25, -0.2) is 8.42 Å². The van der Waals surface area contributed by atoms with E-state index in [1.807, 2.05) is 23.9 Å². The predicted molar refractivity (Wildman–Crippen MR) is 79.3 cm³/mol. The molecule has 2 rings (SSSR count). The highest BCUT2D eigenvalue weighted by Gasteiger charge is 2.32. The number of nitrogens with zero attached hydrogens (tertiary/aromatic N) is 2. The number of hydrogen-bond donors (Lipinski definition) is 0. The van der Waals surface area contributed by atoms with Crippen molar-refractivity contribution in [3.05, 3.63) is 0 Å². The van der Waals surface area contributed by atoms with E-state index >= 15 is 0 Å². The first-order chi connectivity index (χ1) is 9.39. The normalized spacial score (nSPS) is 26.9. The van der Waals surface area contributed by atoms with Crippen molar-refractivity contribution >= 4 is 15.7 Å². The molecule has 1 saturated carbocycles. The van der Waals surface area contributed by atoms with Crippen molar-refractivity contribution in [2.45, 2.75) is 50.6 Å². The zero-order valence-electron chi connectivity index (χ0n) is 12.5. The van der Waals surface area contributed by atoms with Gasteiger partial charge < -0.3 is 4.90 Å². The van der Waals surface area contributed by atoms with Crippen molar-refractivity contribution in [3.8, 4) is 0 Å². The molecule has 2 fully saturated rings. The molecule has 1 heterocycles. The minimum atomic E-state index is -2.88. The summed E-state index contributed by atoms with van der Waals surface area (Å²) in [6, 6.07) is 0.376. The summed E-state index contributed by atoms with van der Waals surface area (Å²) in [6.07, 6.45) is 6.54. The summed E-state index contributed by atoms with van der Waals surface area (Å²) in [5.41, 5.74) is 0. The van der Waals surface area contributed by atoms with E-state index in [0.717, 1.165) is 12.8 Å². The molecule has 20 heavy (non-hydrogen) atoms. The Morgan fingerprint density at radius 3 is 2.25 bits per heavy atom. The molecule has 0 aromatic carbocycles. The maximum Gasteiger partial charge on any atom is 0.236 e. The Balaban J connectivity index is 1.84. The van der Waals surface area contributed by atoms with Crippen LogP contribution in [0.1, 0.15) is 38.5 Å². The second-order valence-corrected chi connectivity index (χ2v) is 8.50. The molecular weight excluding hydrogens is 276 g/mol. The first kappa shape index (κ1) is 15.8. The second-order valence-electron chi connectivity index (χ2n) is 6.27. The van der Waals surface area contributed by atoms with Crippen LogP contribution in [0.2, 0.25) is 0 Å². The lowest BCUT2D eigenvalue weighted by atomic mass is 9.94. The molecule has 0 aromatic rings. The van der Waals surface area contributed by atoms with Gasteiger partial charge in [-0.15, -0.1) is 0 Å².